The van der Waals surface area contributed by atoms with E-state index in [1.807, 2.05) is 0 Å². The molecule has 0 aliphatic carbocycles. The highest BCUT2D eigenvalue weighted by molar-refractivity contribution is 5.85. The lowest BCUT2D eigenvalue weighted by atomic mass is 9.98. The van der Waals surface area contributed by atoms with Crippen molar-refractivity contribution >= 4 is 18.4 Å². The minimum Gasteiger partial charge on any atom is -0.480 e. The summed E-state index contributed by atoms with van der Waals surface area (Å²) in [6.07, 6.45) is 1.08. The Balaban J connectivity index is 0. The Hall–Kier alpha value is -0.320. The largest absolute Gasteiger partial charge is 0.480 e. The van der Waals surface area contributed by atoms with Crippen LogP contribution in [0.4, 0.5) is 0 Å². The lowest BCUT2D eigenvalue weighted by Crippen LogP contribution is -2.45. The molecule has 0 spiro atoms. The van der Waals surface area contributed by atoms with Gasteiger partial charge in [0.05, 0.1) is 0 Å². The van der Waals surface area contributed by atoms with E-state index in [-0.39, 0.29) is 12.4 Å². The molecule has 0 bridgehead atoms. The molecule has 0 aromatic heterocycles. The van der Waals surface area contributed by atoms with Crippen molar-refractivity contribution in [2.45, 2.75) is 25.3 Å². The van der Waals surface area contributed by atoms with Gasteiger partial charge in [0.2, 0.25) is 0 Å². The molecule has 0 heterocycles. The van der Waals surface area contributed by atoms with Gasteiger partial charge in [0.1, 0.15) is 5.54 Å². The van der Waals surface area contributed by atoms with Crippen LogP contribution in [0.3, 0.4) is 0 Å². The lowest BCUT2D eigenvalue weighted by Gasteiger charge is -2.17. The van der Waals surface area contributed by atoms with Gasteiger partial charge >= 0.3 is 5.97 Å². The van der Waals surface area contributed by atoms with Crippen molar-refractivity contribution in [2.24, 2.45) is 11.5 Å². The zero-order chi connectivity index (χ0) is 8.20. The van der Waals surface area contributed by atoms with E-state index in [1.165, 1.54) is 6.92 Å². The van der Waals surface area contributed by atoms with Crippen LogP contribution in [0.5, 0.6) is 0 Å². The number of carboxylic acid groups (broad SMARTS) is 1. The number of hydrogen-bond acceptors (Lipinski definition) is 3. The zero-order valence-corrected chi connectivity index (χ0v) is 7.36. The molecule has 0 aliphatic rings. The number of hydrogen-bond donors (Lipinski definition) is 3. The van der Waals surface area contributed by atoms with Crippen molar-refractivity contribution in [3.05, 3.63) is 0 Å². The summed E-state index contributed by atoms with van der Waals surface area (Å²) >= 11 is 0. The molecule has 0 radical (unpaired) electrons. The highest BCUT2D eigenvalue weighted by Crippen LogP contribution is 2.07. The van der Waals surface area contributed by atoms with Gasteiger partial charge in [-0.3, -0.25) is 4.79 Å². The first-order valence-electron chi connectivity index (χ1n) is 3.23. The van der Waals surface area contributed by atoms with Gasteiger partial charge in [0, 0.05) is 0 Å². The highest BCUT2D eigenvalue weighted by atomic mass is 35.5. The molecular weight excluding hydrogens is 168 g/mol. The minimum absolute atomic E-state index is 0. The summed E-state index contributed by atoms with van der Waals surface area (Å²) in [6.45, 7) is 1.98. The fourth-order valence-corrected chi connectivity index (χ4v) is 0.576. The molecule has 1 unspecified atom stereocenters. The molecule has 0 amide bonds. The molecule has 0 fully saturated rings. The Bertz CT molecular complexity index is 128. The Morgan fingerprint density at radius 1 is 1.64 bits per heavy atom. The van der Waals surface area contributed by atoms with Gasteiger partial charge in [-0.05, 0) is 26.3 Å². The van der Waals surface area contributed by atoms with Crippen molar-refractivity contribution in [1.82, 2.24) is 0 Å². The molecule has 5 N–H and O–H groups in total. The van der Waals surface area contributed by atoms with E-state index in [4.69, 9.17) is 16.6 Å². The fraction of sp³-hybridized carbons (Fsp3) is 0.833. The van der Waals surface area contributed by atoms with Crippen molar-refractivity contribution < 1.29 is 9.90 Å². The van der Waals surface area contributed by atoms with E-state index in [2.05, 4.69) is 0 Å². The van der Waals surface area contributed by atoms with Gasteiger partial charge in [0.25, 0.3) is 0 Å². The number of halogens is 1. The molecule has 0 aromatic rings. The van der Waals surface area contributed by atoms with Crippen molar-refractivity contribution in [1.29, 1.82) is 0 Å². The smallest absolute Gasteiger partial charge is 0.323 e. The van der Waals surface area contributed by atoms with Crippen LogP contribution in [0.25, 0.3) is 0 Å². The van der Waals surface area contributed by atoms with Crippen molar-refractivity contribution in [3.8, 4) is 0 Å². The van der Waals surface area contributed by atoms with Crippen LogP contribution in [0.15, 0.2) is 0 Å². The first kappa shape index (κ1) is 13.3. The standard InChI is InChI=1S/C6H14N2O2.ClH/c1-6(8,5(9)10)3-2-4-7;/h2-4,7-8H2,1H3,(H,9,10);1H. The Labute approximate surface area is 72.4 Å². The van der Waals surface area contributed by atoms with E-state index in [0.29, 0.717) is 19.4 Å². The number of nitrogens with two attached hydrogens (primary N) is 2. The third-order valence-electron chi connectivity index (χ3n) is 1.39. The predicted octanol–water partition coefficient (Wildman–Crippen LogP) is -0.0509. The Morgan fingerprint density at radius 3 is 2.36 bits per heavy atom. The molecule has 0 saturated carbocycles. The molecule has 0 saturated heterocycles. The average molecular weight is 183 g/mol. The molecule has 11 heavy (non-hydrogen) atoms. The van der Waals surface area contributed by atoms with Gasteiger partial charge in [0.15, 0.2) is 0 Å². The van der Waals surface area contributed by atoms with E-state index in [0.717, 1.165) is 0 Å². The summed E-state index contributed by atoms with van der Waals surface area (Å²) in [6, 6.07) is 0. The van der Waals surface area contributed by atoms with E-state index in [1.54, 1.807) is 0 Å². The van der Waals surface area contributed by atoms with Gasteiger partial charge < -0.3 is 16.6 Å². The summed E-state index contributed by atoms with van der Waals surface area (Å²) in [5.41, 5.74) is 9.47. The van der Waals surface area contributed by atoms with Gasteiger partial charge in [-0.2, -0.15) is 0 Å². The SMILES string of the molecule is CC(N)(CCCN)C(=O)O.Cl. The summed E-state index contributed by atoms with van der Waals surface area (Å²) in [4.78, 5) is 10.4. The fourth-order valence-electron chi connectivity index (χ4n) is 0.576. The molecular formula is C6H15ClN2O2. The Morgan fingerprint density at radius 2 is 2.09 bits per heavy atom. The maximum atomic E-state index is 10.4. The maximum Gasteiger partial charge on any atom is 0.323 e. The first-order valence-corrected chi connectivity index (χ1v) is 3.23. The van der Waals surface area contributed by atoms with Crippen LogP contribution in [-0.2, 0) is 4.79 Å². The van der Waals surface area contributed by atoms with E-state index >= 15 is 0 Å². The maximum absolute atomic E-state index is 10.4. The minimum atomic E-state index is -1.11. The lowest BCUT2D eigenvalue weighted by molar-refractivity contribution is -0.142. The van der Waals surface area contributed by atoms with Gasteiger partial charge in [-0.25, -0.2) is 0 Å². The van der Waals surface area contributed by atoms with Crippen LogP contribution in [0, 0.1) is 0 Å². The summed E-state index contributed by atoms with van der Waals surface area (Å²) in [5, 5.41) is 8.50. The average Bonchev–Trinajstić information content (AvgIpc) is 1.84. The summed E-state index contributed by atoms with van der Waals surface area (Å²) in [5.74, 6) is -0.971. The first-order chi connectivity index (χ1) is 4.50. The second-order valence-electron chi connectivity index (χ2n) is 2.61. The summed E-state index contributed by atoms with van der Waals surface area (Å²) < 4.78 is 0. The predicted molar refractivity (Wildman–Crippen MR) is 45.8 cm³/mol. The van der Waals surface area contributed by atoms with E-state index < -0.39 is 11.5 Å². The van der Waals surface area contributed by atoms with Crippen LogP contribution in [0.2, 0.25) is 0 Å². The number of carboxylic acids is 1. The van der Waals surface area contributed by atoms with Crippen LogP contribution < -0.4 is 11.5 Å². The van der Waals surface area contributed by atoms with Crippen LogP contribution in [-0.4, -0.2) is 23.2 Å². The number of carbonyl (C=O) groups is 1. The number of rotatable bonds is 4. The molecule has 0 aromatic carbocycles. The normalized spacial score (nSPS) is 14.8. The third kappa shape index (κ3) is 5.01. The van der Waals surface area contributed by atoms with Gasteiger partial charge in [-0.15, -0.1) is 12.4 Å². The second kappa shape index (κ2) is 5.35. The van der Waals surface area contributed by atoms with E-state index in [9.17, 15) is 4.79 Å². The second-order valence-corrected chi connectivity index (χ2v) is 2.61. The molecule has 0 aliphatic heterocycles. The monoisotopic (exact) mass is 182 g/mol. The van der Waals surface area contributed by atoms with Crippen LogP contribution >= 0.6 is 12.4 Å². The van der Waals surface area contributed by atoms with Gasteiger partial charge in [-0.1, -0.05) is 0 Å². The number of aliphatic carboxylic acids is 1. The molecule has 68 valence electrons. The molecule has 4 nitrogen and oxygen atoms in total. The Kier molecular flexibility index (Phi) is 6.46. The summed E-state index contributed by atoms with van der Waals surface area (Å²) in [7, 11) is 0. The zero-order valence-electron chi connectivity index (χ0n) is 6.54. The topological polar surface area (TPSA) is 89.3 Å². The highest BCUT2D eigenvalue weighted by Gasteiger charge is 2.26. The van der Waals surface area contributed by atoms with Crippen LogP contribution in [0.1, 0.15) is 19.8 Å². The molecule has 5 heteroatoms. The third-order valence-corrected chi connectivity index (χ3v) is 1.39. The van der Waals surface area contributed by atoms with Crippen molar-refractivity contribution in [2.75, 3.05) is 6.54 Å². The quantitative estimate of drug-likeness (QED) is 0.569. The molecule has 1 atom stereocenters. The van der Waals surface area contributed by atoms with Crippen molar-refractivity contribution in [3.63, 3.8) is 0 Å². The molecule has 0 rings (SSSR count).